The molecule has 0 aliphatic carbocycles. The smallest absolute Gasteiger partial charge is 0.300 e. The number of carbonyl (C=O) groups is 1. The third kappa shape index (κ3) is 7.14. The zero-order valence-electron chi connectivity index (χ0n) is 17.4. The van der Waals surface area contributed by atoms with E-state index in [2.05, 4.69) is 14.0 Å². The molecule has 0 bridgehead atoms. The van der Waals surface area contributed by atoms with Gasteiger partial charge < -0.3 is 14.9 Å². The lowest BCUT2D eigenvalue weighted by atomic mass is 10.1. The molecule has 154 valence electrons. The summed E-state index contributed by atoms with van der Waals surface area (Å²) in [5, 5.41) is 17.1. The Balaban J connectivity index is 0.000000765. The minimum atomic E-state index is -0.833. The molecule has 2 aliphatic rings. The number of carboxylic acids is 1. The summed E-state index contributed by atoms with van der Waals surface area (Å²) >= 11 is 0. The van der Waals surface area contributed by atoms with Gasteiger partial charge in [-0.2, -0.15) is 0 Å². The summed E-state index contributed by atoms with van der Waals surface area (Å²) in [6.45, 7) is 9.61. The molecule has 2 N–H and O–H groups in total. The van der Waals surface area contributed by atoms with Crippen LogP contribution in [0, 0.1) is 5.92 Å². The van der Waals surface area contributed by atoms with Crippen LogP contribution in [0.3, 0.4) is 0 Å². The fraction of sp³-hybridized carbons (Fsp3) is 0.950. The molecule has 0 saturated carbocycles. The van der Waals surface area contributed by atoms with Crippen molar-refractivity contribution in [2.24, 2.45) is 5.92 Å². The number of aliphatic hydroxyl groups is 1. The van der Waals surface area contributed by atoms with Crippen molar-refractivity contribution in [2.75, 3.05) is 26.7 Å². The fourth-order valence-electron chi connectivity index (χ4n) is 4.14. The van der Waals surface area contributed by atoms with Gasteiger partial charge in [0.2, 0.25) is 6.23 Å². The summed E-state index contributed by atoms with van der Waals surface area (Å²) in [7, 11) is 2.27. The normalized spacial score (nSPS) is 32.0. The van der Waals surface area contributed by atoms with Crippen molar-refractivity contribution in [3.05, 3.63) is 0 Å². The number of fused-ring (bicyclic) bond motifs is 1. The summed E-state index contributed by atoms with van der Waals surface area (Å²) in [5.74, 6) is -1.13. The summed E-state index contributed by atoms with van der Waals surface area (Å²) in [5.41, 5.74) is 0. The Hall–Kier alpha value is -0.690. The largest absolute Gasteiger partial charge is 0.481 e. The van der Waals surface area contributed by atoms with Gasteiger partial charge in [0.1, 0.15) is 6.10 Å². The van der Waals surface area contributed by atoms with Gasteiger partial charge in [-0.15, -0.1) is 0 Å². The van der Waals surface area contributed by atoms with Gasteiger partial charge in [0.05, 0.1) is 32.7 Å². The first-order valence-corrected chi connectivity index (χ1v) is 10.2. The number of quaternary nitrogens is 1. The van der Waals surface area contributed by atoms with E-state index in [0.717, 1.165) is 24.5 Å². The minimum absolute atomic E-state index is 0.0505. The van der Waals surface area contributed by atoms with Gasteiger partial charge in [0, 0.05) is 6.92 Å². The van der Waals surface area contributed by atoms with Crippen LogP contribution in [0.5, 0.6) is 0 Å². The van der Waals surface area contributed by atoms with Crippen molar-refractivity contribution in [1.29, 1.82) is 0 Å². The number of hydrogen-bond acceptors (Lipinski definition) is 4. The van der Waals surface area contributed by atoms with E-state index in [0.29, 0.717) is 0 Å². The van der Waals surface area contributed by atoms with Crippen LogP contribution < -0.4 is 0 Å². The third-order valence-corrected chi connectivity index (χ3v) is 5.34. The first-order valence-electron chi connectivity index (χ1n) is 10.2. The van der Waals surface area contributed by atoms with Crippen LogP contribution in [0.4, 0.5) is 0 Å². The summed E-state index contributed by atoms with van der Waals surface area (Å²) in [4.78, 5) is 9.00. The zero-order valence-corrected chi connectivity index (χ0v) is 17.4. The van der Waals surface area contributed by atoms with Crippen LogP contribution in [0.15, 0.2) is 0 Å². The number of likely N-dealkylation sites (tertiary alicyclic amines) is 1. The van der Waals surface area contributed by atoms with Crippen molar-refractivity contribution in [3.63, 3.8) is 0 Å². The second kappa shape index (κ2) is 10.6. The van der Waals surface area contributed by atoms with Crippen molar-refractivity contribution >= 4 is 5.97 Å². The Kier molecular flexibility index (Phi) is 9.51. The molecule has 0 amide bonds. The van der Waals surface area contributed by atoms with Crippen LogP contribution in [0.1, 0.15) is 72.6 Å². The molecule has 0 aromatic heterocycles. The van der Waals surface area contributed by atoms with E-state index in [4.69, 9.17) is 19.4 Å². The van der Waals surface area contributed by atoms with Gasteiger partial charge in [0.15, 0.2) is 5.79 Å². The molecule has 0 unspecified atom stereocenters. The molecule has 2 saturated heterocycles. The van der Waals surface area contributed by atoms with Crippen LogP contribution >= 0.6 is 0 Å². The van der Waals surface area contributed by atoms with E-state index in [1.165, 1.54) is 44.9 Å². The van der Waals surface area contributed by atoms with Crippen LogP contribution in [0.2, 0.25) is 0 Å². The molecule has 6 nitrogen and oxygen atoms in total. The minimum Gasteiger partial charge on any atom is -0.481 e. The van der Waals surface area contributed by atoms with Gasteiger partial charge in [0.25, 0.3) is 5.97 Å². The van der Waals surface area contributed by atoms with Gasteiger partial charge in [-0.05, 0) is 26.7 Å². The highest BCUT2D eigenvalue weighted by Crippen LogP contribution is 2.42. The standard InChI is InChI=1S/C18H36NO3.C2H4O2/c1-5-6-7-8-9-10-11-12-19(4)13-15(14-20)16-17(19)22-18(2,3)21-16;1-2(3)4/h15-17,20H,5-14H2,1-4H3;1H3,(H,3,4)/q+1;/t15-,16-,17+,19-;/m1./s1. The van der Waals surface area contributed by atoms with E-state index in [-0.39, 0.29) is 24.9 Å². The monoisotopic (exact) mass is 374 g/mol. The number of carboxylic acid groups (broad SMARTS) is 1. The molecular weight excluding hydrogens is 334 g/mol. The van der Waals surface area contributed by atoms with Crippen LogP contribution in [-0.2, 0) is 14.3 Å². The molecule has 2 heterocycles. The summed E-state index contributed by atoms with van der Waals surface area (Å²) in [6.07, 6.45) is 9.48. The molecule has 2 aliphatic heterocycles. The Labute approximate surface area is 159 Å². The first kappa shape index (κ1) is 23.3. The third-order valence-electron chi connectivity index (χ3n) is 5.34. The van der Waals surface area contributed by atoms with Gasteiger partial charge in [-0.25, -0.2) is 0 Å². The molecule has 0 spiro atoms. The summed E-state index contributed by atoms with van der Waals surface area (Å²) in [6, 6.07) is 0. The molecule has 6 heteroatoms. The molecule has 0 radical (unpaired) electrons. The number of likely N-dealkylation sites (N-methyl/N-ethyl adjacent to an activating group) is 1. The predicted molar refractivity (Wildman–Crippen MR) is 102 cm³/mol. The number of hydrogen-bond donors (Lipinski definition) is 2. The maximum Gasteiger partial charge on any atom is 0.300 e. The molecule has 2 rings (SSSR count). The zero-order chi connectivity index (χ0) is 19.8. The Morgan fingerprint density at radius 1 is 1.12 bits per heavy atom. The molecule has 2 fully saturated rings. The Morgan fingerprint density at radius 3 is 2.19 bits per heavy atom. The Morgan fingerprint density at radius 2 is 1.65 bits per heavy atom. The second-order valence-electron chi connectivity index (χ2n) is 8.46. The number of aliphatic hydroxyl groups excluding tert-OH is 1. The van der Waals surface area contributed by atoms with Gasteiger partial charge >= 0.3 is 0 Å². The molecule has 0 aromatic rings. The highest BCUT2D eigenvalue weighted by Gasteiger charge is 2.60. The summed E-state index contributed by atoms with van der Waals surface area (Å²) < 4.78 is 13.1. The molecular formula is C20H40NO5+. The van der Waals surface area contributed by atoms with Gasteiger partial charge in [-0.1, -0.05) is 39.0 Å². The lowest BCUT2D eigenvalue weighted by molar-refractivity contribution is -0.943. The number of aliphatic carboxylic acids is 1. The maximum absolute atomic E-state index is 9.66. The van der Waals surface area contributed by atoms with Crippen molar-refractivity contribution in [1.82, 2.24) is 0 Å². The lowest BCUT2D eigenvalue weighted by Gasteiger charge is -2.35. The number of unbranched alkanes of at least 4 members (excludes halogenated alkanes) is 6. The van der Waals surface area contributed by atoms with Crippen molar-refractivity contribution in [2.45, 2.75) is 90.8 Å². The second-order valence-corrected chi connectivity index (χ2v) is 8.46. The number of ether oxygens (including phenoxy) is 2. The van der Waals surface area contributed by atoms with Crippen LogP contribution in [0.25, 0.3) is 0 Å². The highest BCUT2D eigenvalue weighted by molar-refractivity contribution is 5.62. The first-order chi connectivity index (χ1) is 12.1. The van der Waals surface area contributed by atoms with Gasteiger partial charge in [-0.3, -0.25) is 14.0 Å². The topological polar surface area (TPSA) is 76.0 Å². The number of rotatable bonds is 9. The molecule has 26 heavy (non-hydrogen) atoms. The van der Waals surface area contributed by atoms with E-state index < -0.39 is 11.8 Å². The quantitative estimate of drug-likeness (QED) is 0.478. The van der Waals surface area contributed by atoms with E-state index in [1.54, 1.807) is 0 Å². The Bertz CT molecular complexity index is 424. The van der Waals surface area contributed by atoms with Crippen molar-refractivity contribution < 1.29 is 29.0 Å². The highest BCUT2D eigenvalue weighted by atomic mass is 16.8. The molecule has 4 atom stereocenters. The van der Waals surface area contributed by atoms with E-state index >= 15 is 0 Å². The van der Waals surface area contributed by atoms with Crippen LogP contribution in [-0.4, -0.2) is 65.5 Å². The SMILES string of the molecule is CC(=O)O.CCCCCCCCC[N@+]1(C)C[C@H](CO)[C@H]2OC(C)(C)O[C@@H]21. The van der Waals surface area contributed by atoms with Crippen molar-refractivity contribution in [3.8, 4) is 0 Å². The lowest BCUT2D eigenvalue weighted by Crippen LogP contribution is -2.51. The average molecular weight is 375 g/mol. The number of nitrogens with zero attached hydrogens (tertiary/aromatic N) is 1. The maximum atomic E-state index is 9.66. The average Bonchev–Trinajstić information content (AvgIpc) is 2.99. The fourth-order valence-corrected chi connectivity index (χ4v) is 4.14. The molecule has 0 aromatic carbocycles. The van der Waals surface area contributed by atoms with E-state index in [1.807, 2.05) is 13.8 Å². The predicted octanol–water partition coefficient (Wildman–Crippen LogP) is 3.37. The van der Waals surface area contributed by atoms with E-state index in [9.17, 15) is 5.11 Å².